The van der Waals surface area contributed by atoms with Crippen molar-refractivity contribution in [3.8, 4) is 0 Å². The lowest BCUT2D eigenvalue weighted by atomic mass is 10.1. The molecule has 2 N–H and O–H groups in total. The fraction of sp³-hybridized carbons (Fsp3) is 0.300. The molecule has 2 aromatic carbocycles. The number of hydrogen-bond acceptors (Lipinski definition) is 2. The molecule has 4 heteroatoms. The summed E-state index contributed by atoms with van der Waals surface area (Å²) < 4.78 is 0. The molecule has 0 saturated heterocycles. The molecule has 0 heterocycles. The third-order valence-electron chi connectivity index (χ3n) is 3.70. The quantitative estimate of drug-likeness (QED) is 0.853. The summed E-state index contributed by atoms with van der Waals surface area (Å²) in [6, 6.07) is 16.5. The zero-order chi connectivity index (χ0) is 17.5. The Morgan fingerprint density at radius 1 is 0.875 bits per heavy atom. The second kappa shape index (κ2) is 8.29. The van der Waals surface area contributed by atoms with Crippen molar-refractivity contribution in [3.63, 3.8) is 0 Å². The van der Waals surface area contributed by atoms with Gasteiger partial charge in [-0.05, 0) is 36.6 Å². The van der Waals surface area contributed by atoms with Crippen molar-refractivity contribution in [1.82, 2.24) is 10.6 Å². The van der Waals surface area contributed by atoms with Crippen LogP contribution in [0.5, 0.6) is 0 Å². The molecule has 0 spiro atoms. The Kier molecular flexibility index (Phi) is 6.13. The minimum absolute atomic E-state index is 0.0999. The second-order valence-corrected chi connectivity index (χ2v) is 6.29. The predicted molar refractivity (Wildman–Crippen MR) is 95.9 cm³/mol. The van der Waals surface area contributed by atoms with E-state index in [9.17, 15) is 9.59 Å². The summed E-state index contributed by atoms with van der Waals surface area (Å²) >= 11 is 0. The Balaban J connectivity index is 2.05. The van der Waals surface area contributed by atoms with Gasteiger partial charge >= 0.3 is 0 Å². The molecule has 2 rings (SSSR count). The summed E-state index contributed by atoms with van der Waals surface area (Å²) in [5.41, 5.74) is 2.02. The SMILES string of the molecule is CC(C)CNC(=O)c1cccc(C(=O)NC(C)c2ccccc2)c1. The van der Waals surface area contributed by atoms with Gasteiger partial charge in [-0.15, -0.1) is 0 Å². The van der Waals surface area contributed by atoms with Crippen LogP contribution in [0, 0.1) is 5.92 Å². The monoisotopic (exact) mass is 324 g/mol. The molecule has 4 nitrogen and oxygen atoms in total. The van der Waals surface area contributed by atoms with Crippen molar-refractivity contribution in [1.29, 1.82) is 0 Å². The van der Waals surface area contributed by atoms with E-state index in [1.165, 1.54) is 0 Å². The average molecular weight is 324 g/mol. The van der Waals surface area contributed by atoms with E-state index in [1.54, 1.807) is 24.3 Å². The van der Waals surface area contributed by atoms with Gasteiger partial charge in [0.15, 0.2) is 0 Å². The van der Waals surface area contributed by atoms with Crippen LogP contribution in [0.25, 0.3) is 0 Å². The lowest BCUT2D eigenvalue weighted by Crippen LogP contribution is -2.29. The Bertz CT molecular complexity index is 696. The molecule has 126 valence electrons. The van der Waals surface area contributed by atoms with E-state index in [0.717, 1.165) is 5.56 Å². The van der Waals surface area contributed by atoms with Gasteiger partial charge in [0, 0.05) is 17.7 Å². The van der Waals surface area contributed by atoms with E-state index < -0.39 is 0 Å². The van der Waals surface area contributed by atoms with Crippen LogP contribution < -0.4 is 10.6 Å². The number of hydrogen-bond donors (Lipinski definition) is 2. The van der Waals surface area contributed by atoms with Crippen LogP contribution in [0.3, 0.4) is 0 Å². The standard InChI is InChI=1S/C20H24N2O2/c1-14(2)13-21-19(23)17-10-7-11-18(12-17)20(24)22-15(3)16-8-5-4-6-9-16/h4-12,14-15H,13H2,1-3H3,(H,21,23)(H,22,24). The first-order valence-corrected chi connectivity index (χ1v) is 8.21. The summed E-state index contributed by atoms with van der Waals surface area (Å²) in [5, 5.41) is 5.82. The molecular weight excluding hydrogens is 300 g/mol. The topological polar surface area (TPSA) is 58.2 Å². The van der Waals surface area contributed by atoms with Crippen LogP contribution in [0.2, 0.25) is 0 Å². The van der Waals surface area contributed by atoms with E-state index in [1.807, 2.05) is 51.1 Å². The largest absolute Gasteiger partial charge is 0.352 e. The lowest BCUT2D eigenvalue weighted by Gasteiger charge is -2.15. The Hall–Kier alpha value is -2.62. The highest BCUT2D eigenvalue weighted by atomic mass is 16.2. The molecule has 0 aliphatic heterocycles. The smallest absolute Gasteiger partial charge is 0.251 e. The number of amides is 2. The van der Waals surface area contributed by atoms with Crippen molar-refractivity contribution < 1.29 is 9.59 Å². The highest BCUT2D eigenvalue weighted by Crippen LogP contribution is 2.13. The van der Waals surface area contributed by atoms with Crippen LogP contribution >= 0.6 is 0 Å². The first kappa shape index (κ1) is 17.7. The molecule has 0 radical (unpaired) electrons. The zero-order valence-corrected chi connectivity index (χ0v) is 14.4. The molecule has 0 saturated carbocycles. The van der Waals surface area contributed by atoms with Crippen molar-refractivity contribution in [3.05, 3.63) is 71.3 Å². The number of carbonyl (C=O) groups excluding carboxylic acids is 2. The van der Waals surface area contributed by atoms with Crippen LogP contribution in [-0.4, -0.2) is 18.4 Å². The molecular formula is C20H24N2O2. The van der Waals surface area contributed by atoms with Crippen molar-refractivity contribution >= 4 is 11.8 Å². The highest BCUT2D eigenvalue weighted by Gasteiger charge is 2.13. The van der Waals surface area contributed by atoms with E-state index in [-0.39, 0.29) is 17.9 Å². The van der Waals surface area contributed by atoms with Gasteiger partial charge < -0.3 is 10.6 Å². The van der Waals surface area contributed by atoms with Gasteiger partial charge in [0.1, 0.15) is 0 Å². The molecule has 1 atom stereocenters. The summed E-state index contributed by atoms with van der Waals surface area (Å²) in [4.78, 5) is 24.6. The maximum Gasteiger partial charge on any atom is 0.251 e. The number of nitrogens with one attached hydrogen (secondary N) is 2. The third kappa shape index (κ3) is 4.95. The van der Waals surface area contributed by atoms with Crippen molar-refractivity contribution in [2.24, 2.45) is 5.92 Å². The molecule has 0 fully saturated rings. The summed E-state index contributed by atoms with van der Waals surface area (Å²) in [6.07, 6.45) is 0. The molecule has 2 amide bonds. The molecule has 0 bridgehead atoms. The maximum absolute atomic E-state index is 12.4. The van der Waals surface area contributed by atoms with Crippen molar-refractivity contribution in [2.75, 3.05) is 6.54 Å². The minimum atomic E-state index is -0.190. The number of benzene rings is 2. The van der Waals surface area contributed by atoms with E-state index in [0.29, 0.717) is 23.6 Å². The van der Waals surface area contributed by atoms with E-state index >= 15 is 0 Å². The summed E-state index contributed by atoms with van der Waals surface area (Å²) in [5.74, 6) is 0.0338. The molecule has 0 aromatic heterocycles. The van der Waals surface area contributed by atoms with Crippen LogP contribution in [0.4, 0.5) is 0 Å². The molecule has 0 aliphatic rings. The molecule has 24 heavy (non-hydrogen) atoms. The van der Waals surface area contributed by atoms with Gasteiger partial charge in [-0.3, -0.25) is 9.59 Å². The Labute approximate surface area is 143 Å². The molecule has 0 aliphatic carbocycles. The van der Waals surface area contributed by atoms with Gasteiger partial charge in [0.2, 0.25) is 0 Å². The van der Waals surface area contributed by atoms with Gasteiger partial charge in [-0.25, -0.2) is 0 Å². The normalized spacial score (nSPS) is 11.8. The first-order chi connectivity index (χ1) is 11.5. The van der Waals surface area contributed by atoms with Gasteiger partial charge in [0.05, 0.1) is 6.04 Å². The Morgan fingerprint density at radius 3 is 2.12 bits per heavy atom. The average Bonchev–Trinajstić information content (AvgIpc) is 2.60. The lowest BCUT2D eigenvalue weighted by molar-refractivity contribution is 0.0940. The highest BCUT2D eigenvalue weighted by molar-refractivity contribution is 5.99. The summed E-state index contributed by atoms with van der Waals surface area (Å²) in [6.45, 7) is 6.62. The van der Waals surface area contributed by atoms with Gasteiger partial charge in [-0.2, -0.15) is 0 Å². The van der Waals surface area contributed by atoms with E-state index in [4.69, 9.17) is 0 Å². The summed E-state index contributed by atoms with van der Waals surface area (Å²) in [7, 11) is 0. The van der Waals surface area contributed by atoms with Gasteiger partial charge in [0.25, 0.3) is 11.8 Å². The van der Waals surface area contributed by atoms with Crippen LogP contribution in [0.15, 0.2) is 54.6 Å². The third-order valence-corrected chi connectivity index (χ3v) is 3.70. The van der Waals surface area contributed by atoms with E-state index in [2.05, 4.69) is 10.6 Å². The number of carbonyl (C=O) groups is 2. The van der Waals surface area contributed by atoms with Crippen LogP contribution in [-0.2, 0) is 0 Å². The zero-order valence-electron chi connectivity index (χ0n) is 14.4. The fourth-order valence-electron chi connectivity index (χ4n) is 2.31. The van der Waals surface area contributed by atoms with Gasteiger partial charge in [-0.1, -0.05) is 50.2 Å². The van der Waals surface area contributed by atoms with Crippen LogP contribution in [0.1, 0.15) is 53.1 Å². The first-order valence-electron chi connectivity index (χ1n) is 8.21. The maximum atomic E-state index is 12.4. The minimum Gasteiger partial charge on any atom is -0.352 e. The predicted octanol–water partition coefficient (Wildman–Crippen LogP) is 3.56. The number of rotatable bonds is 6. The molecule has 2 aromatic rings. The second-order valence-electron chi connectivity index (χ2n) is 6.29. The van der Waals surface area contributed by atoms with Crippen molar-refractivity contribution in [2.45, 2.75) is 26.8 Å². The molecule has 1 unspecified atom stereocenters. The fourth-order valence-corrected chi connectivity index (χ4v) is 2.31. The Morgan fingerprint density at radius 2 is 1.50 bits per heavy atom.